The number of rotatable bonds is 4. The molecule has 3 rings (SSSR count). The standard InChI is InChI=1S/C19H20N4O2.ClH/c1-12-8-13(2)22-19(21-12)23-20-11-16-17(24)9-15(10-18(16)25)14-6-4-3-5-7-14;/h3-8,11,15,24H,9-10H2,1-2H3,(H,21,22,23);1H. The van der Waals surface area contributed by atoms with Crippen molar-refractivity contribution in [2.24, 2.45) is 5.10 Å². The first kappa shape index (κ1) is 19.6. The van der Waals surface area contributed by atoms with Gasteiger partial charge in [0.25, 0.3) is 0 Å². The summed E-state index contributed by atoms with van der Waals surface area (Å²) in [7, 11) is 0. The number of hydrogen-bond acceptors (Lipinski definition) is 6. The van der Waals surface area contributed by atoms with Crippen LogP contribution in [-0.2, 0) is 4.79 Å². The van der Waals surface area contributed by atoms with Gasteiger partial charge in [0.15, 0.2) is 5.78 Å². The highest BCUT2D eigenvalue weighted by molar-refractivity contribution is 6.14. The zero-order valence-electron chi connectivity index (χ0n) is 14.6. The van der Waals surface area contributed by atoms with Gasteiger partial charge in [0.05, 0.1) is 11.8 Å². The molecule has 0 spiro atoms. The topological polar surface area (TPSA) is 87.5 Å². The number of carbonyl (C=O) groups is 1. The van der Waals surface area contributed by atoms with E-state index in [1.807, 2.05) is 50.2 Å². The van der Waals surface area contributed by atoms with Crippen molar-refractivity contribution in [2.45, 2.75) is 32.6 Å². The number of aliphatic hydroxyl groups is 1. The number of nitrogens with one attached hydrogen (secondary N) is 1. The molecule has 7 heteroatoms. The minimum absolute atomic E-state index is 0. The quantitative estimate of drug-likeness (QED) is 0.628. The molecule has 136 valence electrons. The van der Waals surface area contributed by atoms with Crippen LogP contribution >= 0.6 is 12.4 Å². The number of carbonyl (C=O) groups excluding carboxylic acids is 1. The SMILES string of the molecule is Cc1cc(C)nc(NN=CC2=C(O)CC(c3ccccc3)CC2=O)n1.Cl. The Bertz CT molecular complexity index is 830. The number of aryl methyl sites for hydroxylation is 2. The van der Waals surface area contributed by atoms with E-state index in [9.17, 15) is 9.90 Å². The van der Waals surface area contributed by atoms with Gasteiger partial charge in [-0.2, -0.15) is 5.10 Å². The maximum absolute atomic E-state index is 12.4. The van der Waals surface area contributed by atoms with Crippen LogP contribution in [0.5, 0.6) is 0 Å². The molecule has 1 aromatic heterocycles. The zero-order valence-corrected chi connectivity index (χ0v) is 15.5. The van der Waals surface area contributed by atoms with Gasteiger partial charge in [-0.25, -0.2) is 15.4 Å². The Morgan fingerprint density at radius 3 is 2.42 bits per heavy atom. The third-order valence-corrected chi connectivity index (χ3v) is 4.09. The third kappa shape index (κ3) is 4.67. The van der Waals surface area contributed by atoms with Crippen molar-refractivity contribution in [3.8, 4) is 0 Å². The van der Waals surface area contributed by atoms with E-state index >= 15 is 0 Å². The number of ketones is 1. The average molecular weight is 373 g/mol. The number of hydrogen-bond donors (Lipinski definition) is 2. The summed E-state index contributed by atoms with van der Waals surface area (Å²) in [5.41, 5.74) is 5.65. The third-order valence-electron chi connectivity index (χ3n) is 4.09. The van der Waals surface area contributed by atoms with E-state index in [0.29, 0.717) is 18.8 Å². The second-order valence-electron chi connectivity index (χ2n) is 6.14. The number of nitrogens with zero attached hydrogens (tertiary/aromatic N) is 3. The van der Waals surface area contributed by atoms with Crippen molar-refractivity contribution < 1.29 is 9.90 Å². The summed E-state index contributed by atoms with van der Waals surface area (Å²) in [5.74, 6) is 0.308. The molecule has 0 radical (unpaired) electrons. The van der Waals surface area contributed by atoms with E-state index in [1.165, 1.54) is 6.21 Å². The van der Waals surface area contributed by atoms with Gasteiger partial charge in [0.1, 0.15) is 5.76 Å². The maximum atomic E-state index is 12.4. The van der Waals surface area contributed by atoms with Gasteiger partial charge in [-0.3, -0.25) is 4.79 Å². The monoisotopic (exact) mass is 372 g/mol. The molecule has 2 N–H and O–H groups in total. The van der Waals surface area contributed by atoms with Crippen LogP contribution in [0, 0.1) is 13.8 Å². The summed E-state index contributed by atoms with van der Waals surface area (Å²) in [6.45, 7) is 3.73. The summed E-state index contributed by atoms with van der Waals surface area (Å²) in [5, 5.41) is 14.3. The maximum Gasteiger partial charge on any atom is 0.243 e. The van der Waals surface area contributed by atoms with Gasteiger partial charge in [-0.15, -0.1) is 12.4 Å². The molecule has 0 saturated heterocycles. The zero-order chi connectivity index (χ0) is 17.8. The molecule has 1 aliphatic rings. The van der Waals surface area contributed by atoms with E-state index in [2.05, 4.69) is 20.5 Å². The first-order valence-corrected chi connectivity index (χ1v) is 8.14. The van der Waals surface area contributed by atoms with E-state index < -0.39 is 0 Å². The van der Waals surface area contributed by atoms with Gasteiger partial charge in [-0.05, 0) is 31.4 Å². The van der Waals surface area contributed by atoms with Crippen LogP contribution in [0.2, 0.25) is 0 Å². The second kappa shape index (κ2) is 8.58. The normalized spacial score (nSPS) is 17.3. The molecule has 0 amide bonds. The van der Waals surface area contributed by atoms with Crippen LogP contribution in [0.4, 0.5) is 5.95 Å². The Hall–Kier alpha value is -2.73. The average Bonchev–Trinajstić information content (AvgIpc) is 2.57. The Balaban J connectivity index is 0.00000243. The predicted octanol–water partition coefficient (Wildman–Crippen LogP) is 3.87. The van der Waals surface area contributed by atoms with Crippen molar-refractivity contribution in [1.29, 1.82) is 0 Å². The summed E-state index contributed by atoms with van der Waals surface area (Å²) in [6.07, 6.45) is 2.13. The number of allylic oxidation sites excluding steroid dienone is 2. The molecule has 2 aromatic rings. The van der Waals surface area contributed by atoms with E-state index in [0.717, 1.165) is 17.0 Å². The fourth-order valence-electron chi connectivity index (χ4n) is 2.95. The molecule has 26 heavy (non-hydrogen) atoms. The van der Waals surface area contributed by atoms with Crippen LogP contribution in [0.1, 0.15) is 35.7 Å². The summed E-state index contributed by atoms with van der Waals surface area (Å²) >= 11 is 0. The number of aromatic nitrogens is 2. The van der Waals surface area contributed by atoms with Crippen LogP contribution < -0.4 is 5.43 Å². The lowest BCUT2D eigenvalue weighted by atomic mass is 9.83. The lowest BCUT2D eigenvalue weighted by molar-refractivity contribution is -0.116. The molecule has 6 nitrogen and oxygen atoms in total. The number of anilines is 1. The first-order chi connectivity index (χ1) is 12.0. The molecule has 1 unspecified atom stereocenters. The summed E-state index contributed by atoms with van der Waals surface area (Å²) in [4.78, 5) is 20.8. The minimum Gasteiger partial charge on any atom is -0.511 e. The van der Waals surface area contributed by atoms with E-state index in [-0.39, 0.29) is 35.4 Å². The molecule has 1 aromatic carbocycles. The summed E-state index contributed by atoms with van der Waals surface area (Å²) < 4.78 is 0. The largest absolute Gasteiger partial charge is 0.511 e. The van der Waals surface area contributed by atoms with Crippen LogP contribution in [0.15, 0.2) is 52.8 Å². The molecule has 1 aliphatic carbocycles. The minimum atomic E-state index is -0.121. The van der Waals surface area contributed by atoms with E-state index in [4.69, 9.17) is 0 Å². The van der Waals surface area contributed by atoms with Crippen molar-refractivity contribution in [1.82, 2.24) is 9.97 Å². The molecule has 1 heterocycles. The van der Waals surface area contributed by atoms with Gasteiger partial charge in [0.2, 0.25) is 5.95 Å². The van der Waals surface area contributed by atoms with Crippen LogP contribution in [0.3, 0.4) is 0 Å². The lowest BCUT2D eigenvalue weighted by Gasteiger charge is -2.22. The molecular formula is C19H21ClN4O2. The Morgan fingerprint density at radius 1 is 1.15 bits per heavy atom. The smallest absolute Gasteiger partial charge is 0.243 e. The highest BCUT2D eigenvalue weighted by Crippen LogP contribution is 2.32. The fourth-order valence-corrected chi connectivity index (χ4v) is 2.95. The van der Waals surface area contributed by atoms with Gasteiger partial charge in [0, 0.05) is 24.2 Å². The number of aliphatic hydroxyl groups excluding tert-OH is 1. The van der Waals surface area contributed by atoms with Crippen molar-refractivity contribution in [3.05, 3.63) is 64.7 Å². The first-order valence-electron chi connectivity index (χ1n) is 8.14. The predicted molar refractivity (Wildman–Crippen MR) is 104 cm³/mol. The van der Waals surface area contributed by atoms with Gasteiger partial charge >= 0.3 is 0 Å². The molecule has 0 saturated carbocycles. The van der Waals surface area contributed by atoms with Crippen molar-refractivity contribution >= 4 is 30.4 Å². The highest BCUT2D eigenvalue weighted by atomic mass is 35.5. The number of halogens is 1. The van der Waals surface area contributed by atoms with Crippen LogP contribution in [0.25, 0.3) is 0 Å². The number of hydrazone groups is 1. The molecule has 0 aliphatic heterocycles. The van der Waals surface area contributed by atoms with Gasteiger partial charge < -0.3 is 5.11 Å². The van der Waals surface area contributed by atoms with E-state index in [1.54, 1.807) is 0 Å². The van der Waals surface area contributed by atoms with Crippen LogP contribution in [-0.4, -0.2) is 27.1 Å². The Kier molecular flexibility index (Phi) is 6.46. The number of Topliss-reactive ketones (excluding diaryl/α,β-unsaturated/α-hetero) is 1. The molecule has 0 bridgehead atoms. The highest BCUT2D eigenvalue weighted by Gasteiger charge is 2.27. The Labute approximate surface area is 158 Å². The number of benzene rings is 1. The lowest BCUT2D eigenvalue weighted by Crippen LogP contribution is -2.19. The summed E-state index contributed by atoms with van der Waals surface area (Å²) in [6, 6.07) is 11.6. The van der Waals surface area contributed by atoms with Gasteiger partial charge in [-0.1, -0.05) is 30.3 Å². The molecule has 0 fully saturated rings. The fraction of sp³-hybridized carbons (Fsp3) is 0.263. The van der Waals surface area contributed by atoms with Crippen molar-refractivity contribution in [3.63, 3.8) is 0 Å². The van der Waals surface area contributed by atoms with Crippen molar-refractivity contribution in [2.75, 3.05) is 5.43 Å². The second-order valence-corrected chi connectivity index (χ2v) is 6.14. The molecular weight excluding hydrogens is 352 g/mol. The molecule has 1 atom stereocenters. The Morgan fingerprint density at radius 2 is 1.81 bits per heavy atom.